The summed E-state index contributed by atoms with van der Waals surface area (Å²) in [5.74, 6) is -0.642. The summed E-state index contributed by atoms with van der Waals surface area (Å²) < 4.78 is 1.82. The molecule has 0 saturated carbocycles. The monoisotopic (exact) mass is 426 g/mol. The smallest absolute Gasteiger partial charge is 0.267 e. The number of imide groups is 1. The molecular weight excluding hydrogens is 408 g/mol. The van der Waals surface area contributed by atoms with Gasteiger partial charge in [0.05, 0.1) is 17.5 Å². The third-order valence-corrected chi connectivity index (χ3v) is 5.75. The highest BCUT2D eigenvalue weighted by Crippen LogP contribution is 2.33. The molecular formula is C23H18N6O3. The maximum Gasteiger partial charge on any atom is 0.267 e. The Balaban J connectivity index is 1.30. The molecule has 4 aromatic rings. The minimum Gasteiger partial charge on any atom is -0.286 e. The van der Waals surface area contributed by atoms with Gasteiger partial charge in [0.25, 0.3) is 11.8 Å². The van der Waals surface area contributed by atoms with Crippen molar-refractivity contribution in [2.75, 3.05) is 11.4 Å². The molecule has 4 heterocycles. The maximum atomic E-state index is 12.9. The van der Waals surface area contributed by atoms with Crippen LogP contribution in [0, 0.1) is 0 Å². The largest absolute Gasteiger partial charge is 0.286 e. The minimum atomic E-state index is -0.411. The van der Waals surface area contributed by atoms with Gasteiger partial charge in [-0.2, -0.15) is 5.06 Å². The van der Waals surface area contributed by atoms with E-state index < -0.39 is 11.8 Å². The number of carbonyl (C=O) groups excluding carboxylic acids is 2. The molecule has 158 valence electrons. The zero-order valence-electron chi connectivity index (χ0n) is 17.0. The second kappa shape index (κ2) is 7.33. The molecule has 2 aliphatic heterocycles. The number of amides is 2. The van der Waals surface area contributed by atoms with Gasteiger partial charge in [-0.3, -0.25) is 19.0 Å². The highest BCUT2D eigenvalue weighted by molar-refractivity contribution is 6.35. The number of aromatic nitrogens is 4. The Morgan fingerprint density at radius 1 is 0.906 bits per heavy atom. The van der Waals surface area contributed by atoms with E-state index in [-0.39, 0.29) is 12.0 Å². The third-order valence-electron chi connectivity index (χ3n) is 5.75. The summed E-state index contributed by atoms with van der Waals surface area (Å²) in [6, 6.07) is 16.9. The molecule has 9 heteroatoms. The maximum absolute atomic E-state index is 12.9. The van der Waals surface area contributed by atoms with Crippen LogP contribution in [0.25, 0.3) is 11.2 Å². The molecule has 32 heavy (non-hydrogen) atoms. The van der Waals surface area contributed by atoms with Gasteiger partial charge < -0.3 is 0 Å². The summed E-state index contributed by atoms with van der Waals surface area (Å²) in [6.07, 6.45) is 3.44. The van der Waals surface area contributed by atoms with Crippen LogP contribution in [0.3, 0.4) is 0 Å². The Bertz CT molecular complexity index is 1320. The van der Waals surface area contributed by atoms with Gasteiger partial charge in [0.2, 0.25) is 0 Å². The van der Waals surface area contributed by atoms with E-state index in [9.17, 15) is 9.59 Å². The SMILES string of the molecule is O=C1c2ccccc2C(=O)N1c1ncnc2c1ncn2[C@H]1CCN(Cc2ccccc2)O1. The van der Waals surface area contributed by atoms with Crippen molar-refractivity contribution >= 4 is 28.8 Å². The fourth-order valence-corrected chi connectivity index (χ4v) is 4.22. The fraction of sp³-hybridized carbons (Fsp3) is 0.174. The fourth-order valence-electron chi connectivity index (χ4n) is 4.22. The van der Waals surface area contributed by atoms with Crippen LogP contribution >= 0.6 is 0 Å². The van der Waals surface area contributed by atoms with Crippen LogP contribution in [0.4, 0.5) is 5.82 Å². The van der Waals surface area contributed by atoms with E-state index in [4.69, 9.17) is 4.84 Å². The molecule has 2 amide bonds. The van der Waals surface area contributed by atoms with Crippen LogP contribution in [0.1, 0.15) is 38.9 Å². The molecule has 2 aromatic heterocycles. The van der Waals surface area contributed by atoms with Crippen LogP contribution in [0.5, 0.6) is 0 Å². The number of hydroxylamine groups is 2. The van der Waals surface area contributed by atoms with Gasteiger partial charge in [0.15, 0.2) is 23.2 Å². The number of rotatable bonds is 4. The molecule has 6 rings (SSSR count). The number of carbonyl (C=O) groups is 2. The van der Waals surface area contributed by atoms with E-state index in [1.165, 1.54) is 11.9 Å². The summed E-state index contributed by atoms with van der Waals surface area (Å²) >= 11 is 0. The second-order valence-electron chi connectivity index (χ2n) is 7.71. The number of anilines is 1. The van der Waals surface area contributed by atoms with Crippen molar-refractivity contribution in [2.45, 2.75) is 19.2 Å². The van der Waals surface area contributed by atoms with Crippen molar-refractivity contribution in [1.82, 2.24) is 24.6 Å². The molecule has 9 nitrogen and oxygen atoms in total. The quantitative estimate of drug-likeness (QED) is 0.463. The van der Waals surface area contributed by atoms with Gasteiger partial charge in [-0.25, -0.2) is 19.9 Å². The van der Waals surface area contributed by atoms with Crippen molar-refractivity contribution in [2.24, 2.45) is 0 Å². The minimum absolute atomic E-state index is 0.180. The van der Waals surface area contributed by atoms with Crippen molar-refractivity contribution in [3.63, 3.8) is 0 Å². The van der Waals surface area contributed by atoms with Crippen LogP contribution in [-0.4, -0.2) is 42.9 Å². The van der Waals surface area contributed by atoms with Gasteiger partial charge in [0, 0.05) is 19.5 Å². The zero-order chi connectivity index (χ0) is 21.7. The first kappa shape index (κ1) is 18.8. The predicted molar refractivity (Wildman–Crippen MR) is 114 cm³/mol. The van der Waals surface area contributed by atoms with Crippen LogP contribution in [-0.2, 0) is 11.4 Å². The Hall–Kier alpha value is -3.95. The van der Waals surface area contributed by atoms with Crippen molar-refractivity contribution < 1.29 is 14.4 Å². The first-order valence-corrected chi connectivity index (χ1v) is 10.3. The summed E-state index contributed by atoms with van der Waals surface area (Å²) in [5.41, 5.74) is 2.78. The highest BCUT2D eigenvalue weighted by atomic mass is 16.7. The van der Waals surface area contributed by atoms with Crippen LogP contribution in [0.2, 0.25) is 0 Å². The number of benzene rings is 2. The van der Waals surface area contributed by atoms with Gasteiger partial charge in [-0.15, -0.1) is 0 Å². The highest BCUT2D eigenvalue weighted by Gasteiger charge is 2.39. The van der Waals surface area contributed by atoms with Crippen molar-refractivity contribution in [3.8, 4) is 0 Å². The first-order valence-electron chi connectivity index (χ1n) is 10.3. The molecule has 0 unspecified atom stereocenters. The van der Waals surface area contributed by atoms with E-state index in [0.717, 1.165) is 17.9 Å². The Kier molecular flexibility index (Phi) is 4.30. The lowest BCUT2D eigenvalue weighted by Gasteiger charge is -2.17. The summed E-state index contributed by atoms with van der Waals surface area (Å²) in [6.45, 7) is 1.44. The molecule has 1 saturated heterocycles. The topological polar surface area (TPSA) is 93.5 Å². The summed E-state index contributed by atoms with van der Waals surface area (Å²) in [4.78, 5) is 46.1. The van der Waals surface area contributed by atoms with Gasteiger partial charge in [0.1, 0.15) is 6.33 Å². The number of nitrogens with zero attached hydrogens (tertiary/aromatic N) is 6. The molecule has 1 fully saturated rings. The van der Waals surface area contributed by atoms with Crippen molar-refractivity contribution in [1.29, 1.82) is 0 Å². The molecule has 2 aliphatic rings. The standard InChI is InChI=1S/C23H18N6O3/c30-22-16-8-4-5-9-17(16)23(31)29(22)21-19-20(24-13-25-21)28(14-26-19)18-10-11-27(32-18)12-15-6-2-1-3-7-15/h1-9,13-14,18H,10-12H2/t18-/m1/s1. The molecule has 0 N–H and O–H groups in total. The van der Waals surface area contributed by atoms with Gasteiger partial charge >= 0.3 is 0 Å². The zero-order valence-corrected chi connectivity index (χ0v) is 17.0. The van der Waals surface area contributed by atoms with E-state index >= 15 is 0 Å². The molecule has 1 atom stereocenters. The Labute approximate surface area is 182 Å². The van der Waals surface area contributed by atoms with Gasteiger partial charge in [-0.05, 0) is 17.7 Å². The Morgan fingerprint density at radius 3 is 2.38 bits per heavy atom. The molecule has 0 aliphatic carbocycles. The Morgan fingerprint density at radius 2 is 1.62 bits per heavy atom. The number of hydrogen-bond donors (Lipinski definition) is 0. The third kappa shape index (κ3) is 2.90. The van der Waals surface area contributed by atoms with Gasteiger partial charge in [-0.1, -0.05) is 42.5 Å². The molecule has 2 aromatic carbocycles. The number of imidazole rings is 1. The van der Waals surface area contributed by atoms with E-state index in [2.05, 4.69) is 27.1 Å². The lowest BCUT2D eigenvalue weighted by atomic mass is 10.1. The predicted octanol–water partition coefficient (Wildman–Crippen LogP) is 2.96. The number of fused-ring (bicyclic) bond motifs is 2. The summed E-state index contributed by atoms with van der Waals surface area (Å²) in [7, 11) is 0. The van der Waals surface area contributed by atoms with Crippen molar-refractivity contribution in [3.05, 3.63) is 83.9 Å². The second-order valence-corrected chi connectivity index (χ2v) is 7.71. The normalized spacial score (nSPS) is 18.6. The molecule has 0 spiro atoms. The van der Waals surface area contributed by atoms with E-state index in [1.54, 1.807) is 30.6 Å². The van der Waals surface area contributed by atoms with E-state index in [0.29, 0.717) is 28.8 Å². The summed E-state index contributed by atoms with van der Waals surface area (Å²) in [5, 5.41) is 1.91. The number of hydrogen-bond acceptors (Lipinski definition) is 7. The lowest BCUT2D eigenvalue weighted by Crippen LogP contribution is -2.30. The molecule has 0 bridgehead atoms. The van der Waals surface area contributed by atoms with Crippen LogP contribution in [0.15, 0.2) is 67.3 Å². The average molecular weight is 426 g/mol. The average Bonchev–Trinajstić information content (AvgIpc) is 3.52. The van der Waals surface area contributed by atoms with Crippen LogP contribution < -0.4 is 4.90 Å². The lowest BCUT2D eigenvalue weighted by molar-refractivity contribution is -0.174. The molecule has 0 radical (unpaired) electrons. The van der Waals surface area contributed by atoms with E-state index in [1.807, 2.05) is 27.8 Å². The first-order chi connectivity index (χ1) is 15.7.